The molecule has 0 aliphatic carbocycles. The molecule has 0 saturated carbocycles. The number of benzene rings is 2. The van der Waals surface area contributed by atoms with E-state index in [-0.39, 0.29) is 5.91 Å². The SMILES string of the molecule is COc1cc(C(=O)N2CC[NH+](Cc3cccc(C)c3)CC2)cc(Cl)c1OC. The summed E-state index contributed by atoms with van der Waals surface area (Å²) in [6.07, 6.45) is 0. The fourth-order valence-corrected chi connectivity index (χ4v) is 3.83. The van der Waals surface area contributed by atoms with Gasteiger partial charge in [-0.15, -0.1) is 0 Å². The Balaban J connectivity index is 1.64. The topological polar surface area (TPSA) is 43.2 Å². The van der Waals surface area contributed by atoms with Crippen molar-refractivity contribution in [2.75, 3.05) is 40.4 Å². The predicted octanol–water partition coefficient (Wildman–Crippen LogP) is 2.21. The molecule has 0 aromatic heterocycles. The van der Waals surface area contributed by atoms with Crippen molar-refractivity contribution in [1.29, 1.82) is 0 Å². The van der Waals surface area contributed by atoms with Gasteiger partial charge in [-0.2, -0.15) is 0 Å². The number of amides is 1. The van der Waals surface area contributed by atoms with Crippen LogP contribution in [0.1, 0.15) is 21.5 Å². The van der Waals surface area contributed by atoms with E-state index in [1.807, 2.05) is 4.90 Å². The number of carbonyl (C=O) groups is 1. The quantitative estimate of drug-likeness (QED) is 0.852. The van der Waals surface area contributed by atoms with Gasteiger partial charge in [0.1, 0.15) is 6.54 Å². The predicted molar refractivity (Wildman–Crippen MR) is 106 cm³/mol. The van der Waals surface area contributed by atoms with Gasteiger partial charge in [-0.25, -0.2) is 0 Å². The summed E-state index contributed by atoms with van der Waals surface area (Å²) in [5.74, 6) is 0.896. The lowest BCUT2D eigenvalue weighted by atomic mass is 10.1. The lowest BCUT2D eigenvalue weighted by Gasteiger charge is -2.32. The average Bonchev–Trinajstić information content (AvgIpc) is 2.67. The summed E-state index contributed by atoms with van der Waals surface area (Å²) < 4.78 is 10.5. The number of nitrogens with zero attached hydrogens (tertiary/aromatic N) is 1. The maximum Gasteiger partial charge on any atom is 0.254 e. The van der Waals surface area contributed by atoms with E-state index in [4.69, 9.17) is 21.1 Å². The van der Waals surface area contributed by atoms with E-state index in [9.17, 15) is 4.79 Å². The van der Waals surface area contributed by atoms with Crippen LogP contribution in [0.5, 0.6) is 11.5 Å². The molecule has 2 aromatic rings. The summed E-state index contributed by atoms with van der Waals surface area (Å²) in [7, 11) is 3.07. The summed E-state index contributed by atoms with van der Waals surface area (Å²) >= 11 is 6.24. The Morgan fingerprint density at radius 3 is 2.52 bits per heavy atom. The zero-order valence-corrected chi connectivity index (χ0v) is 16.8. The van der Waals surface area contributed by atoms with Crippen LogP contribution in [0.4, 0.5) is 0 Å². The fourth-order valence-electron chi connectivity index (χ4n) is 3.54. The molecule has 0 atom stereocenters. The van der Waals surface area contributed by atoms with Crippen LogP contribution in [-0.4, -0.2) is 51.2 Å². The maximum atomic E-state index is 12.9. The normalized spacial score (nSPS) is 14.9. The van der Waals surface area contributed by atoms with E-state index < -0.39 is 0 Å². The molecule has 1 N–H and O–H groups in total. The van der Waals surface area contributed by atoms with Crippen molar-refractivity contribution in [2.45, 2.75) is 13.5 Å². The molecular weight excluding hydrogens is 364 g/mol. The van der Waals surface area contributed by atoms with Crippen molar-refractivity contribution in [3.8, 4) is 11.5 Å². The summed E-state index contributed by atoms with van der Waals surface area (Å²) in [5, 5.41) is 0.379. The minimum atomic E-state index is -0.0209. The molecule has 1 saturated heterocycles. The number of aryl methyl sites for hydroxylation is 1. The molecule has 1 amide bonds. The van der Waals surface area contributed by atoms with Gasteiger partial charge in [0.05, 0.1) is 45.4 Å². The van der Waals surface area contributed by atoms with E-state index in [1.165, 1.54) is 30.2 Å². The largest absolute Gasteiger partial charge is 0.493 e. The van der Waals surface area contributed by atoms with Crippen LogP contribution in [0.2, 0.25) is 5.02 Å². The zero-order valence-electron chi connectivity index (χ0n) is 16.0. The number of carbonyl (C=O) groups excluding carboxylic acids is 1. The Labute approximate surface area is 165 Å². The number of hydrogen-bond acceptors (Lipinski definition) is 3. The van der Waals surface area contributed by atoms with Crippen molar-refractivity contribution in [1.82, 2.24) is 4.90 Å². The molecule has 1 aliphatic rings. The Morgan fingerprint density at radius 1 is 1.15 bits per heavy atom. The van der Waals surface area contributed by atoms with Gasteiger partial charge in [0.25, 0.3) is 5.91 Å². The smallest absolute Gasteiger partial charge is 0.254 e. The van der Waals surface area contributed by atoms with Crippen LogP contribution in [0.25, 0.3) is 0 Å². The molecule has 6 heteroatoms. The molecule has 1 fully saturated rings. The number of nitrogens with one attached hydrogen (secondary N) is 1. The van der Waals surface area contributed by atoms with Crippen molar-refractivity contribution in [3.05, 3.63) is 58.1 Å². The lowest BCUT2D eigenvalue weighted by molar-refractivity contribution is -0.917. The second kappa shape index (κ2) is 8.63. The van der Waals surface area contributed by atoms with Crippen LogP contribution < -0.4 is 14.4 Å². The lowest BCUT2D eigenvalue weighted by Crippen LogP contribution is -3.13. The summed E-state index contributed by atoms with van der Waals surface area (Å²) in [6, 6.07) is 12.0. The number of rotatable bonds is 5. The number of halogens is 1. The number of methoxy groups -OCH3 is 2. The fraction of sp³-hybridized carbons (Fsp3) is 0.381. The van der Waals surface area contributed by atoms with Gasteiger partial charge in [0.15, 0.2) is 11.5 Å². The number of ether oxygens (including phenoxy) is 2. The highest BCUT2D eigenvalue weighted by Gasteiger charge is 2.26. The first-order valence-corrected chi connectivity index (χ1v) is 9.49. The molecule has 144 valence electrons. The minimum Gasteiger partial charge on any atom is -0.493 e. The van der Waals surface area contributed by atoms with E-state index in [2.05, 4.69) is 31.2 Å². The number of piperazine rings is 1. The standard InChI is InChI=1S/C21H25ClN2O3/c1-15-5-4-6-16(11-15)14-23-7-9-24(10-8-23)21(25)17-12-18(22)20(27-3)19(13-17)26-2/h4-6,11-13H,7-10,14H2,1-3H3/p+1. The highest BCUT2D eigenvalue weighted by Crippen LogP contribution is 2.36. The van der Waals surface area contributed by atoms with Crippen molar-refractivity contribution in [3.63, 3.8) is 0 Å². The van der Waals surface area contributed by atoms with Crippen LogP contribution >= 0.6 is 11.6 Å². The average molecular weight is 390 g/mol. The molecule has 3 rings (SSSR count). The zero-order chi connectivity index (χ0) is 19.4. The molecule has 1 heterocycles. The highest BCUT2D eigenvalue weighted by atomic mass is 35.5. The van der Waals surface area contributed by atoms with Crippen molar-refractivity contribution in [2.24, 2.45) is 0 Å². The van der Waals surface area contributed by atoms with E-state index in [0.29, 0.717) is 22.1 Å². The Hall–Kier alpha value is -2.24. The Bertz CT molecular complexity index is 817. The first-order chi connectivity index (χ1) is 13.0. The molecule has 0 radical (unpaired) electrons. The Morgan fingerprint density at radius 2 is 1.89 bits per heavy atom. The molecular formula is C21H26ClN2O3+. The second-order valence-electron chi connectivity index (χ2n) is 6.90. The third kappa shape index (κ3) is 4.54. The van der Waals surface area contributed by atoms with E-state index in [1.54, 1.807) is 12.1 Å². The van der Waals surface area contributed by atoms with Gasteiger partial charge in [0.2, 0.25) is 0 Å². The molecule has 27 heavy (non-hydrogen) atoms. The van der Waals surface area contributed by atoms with E-state index >= 15 is 0 Å². The Kier molecular flexibility index (Phi) is 6.24. The van der Waals surface area contributed by atoms with E-state index in [0.717, 1.165) is 32.7 Å². The van der Waals surface area contributed by atoms with Gasteiger partial charge in [-0.3, -0.25) is 4.79 Å². The van der Waals surface area contributed by atoms with Crippen molar-refractivity contribution < 1.29 is 19.2 Å². The van der Waals surface area contributed by atoms with Crippen LogP contribution in [0, 0.1) is 6.92 Å². The van der Waals surface area contributed by atoms with Crippen LogP contribution in [-0.2, 0) is 6.54 Å². The molecule has 2 aromatic carbocycles. The van der Waals surface area contributed by atoms with Gasteiger partial charge in [-0.05, 0) is 19.1 Å². The van der Waals surface area contributed by atoms with Gasteiger partial charge < -0.3 is 19.3 Å². The second-order valence-corrected chi connectivity index (χ2v) is 7.31. The summed E-state index contributed by atoms with van der Waals surface area (Å²) in [4.78, 5) is 16.3. The highest BCUT2D eigenvalue weighted by molar-refractivity contribution is 6.32. The monoisotopic (exact) mass is 389 g/mol. The summed E-state index contributed by atoms with van der Waals surface area (Å²) in [5.41, 5.74) is 3.15. The van der Waals surface area contributed by atoms with Gasteiger partial charge in [0, 0.05) is 11.1 Å². The first-order valence-electron chi connectivity index (χ1n) is 9.11. The first kappa shape index (κ1) is 19.5. The number of hydrogen-bond donors (Lipinski definition) is 1. The third-order valence-electron chi connectivity index (χ3n) is 4.97. The molecule has 0 unspecified atom stereocenters. The third-order valence-corrected chi connectivity index (χ3v) is 5.26. The van der Waals surface area contributed by atoms with Crippen molar-refractivity contribution >= 4 is 17.5 Å². The van der Waals surface area contributed by atoms with Gasteiger partial charge >= 0.3 is 0 Å². The summed E-state index contributed by atoms with van der Waals surface area (Å²) in [6.45, 7) is 6.43. The molecule has 1 aliphatic heterocycles. The molecule has 0 spiro atoms. The maximum absolute atomic E-state index is 12.9. The molecule has 5 nitrogen and oxygen atoms in total. The number of quaternary nitrogens is 1. The van der Waals surface area contributed by atoms with Gasteiger partial charge in [-0.1, -0.05) is 41.4 Å². The minimum absolute atomic E-state index is 0.0209. The van der Waals surface area contributed by atoms with Crippen LogP contribution in [0.15, 0.2) is 36.4 Å². The van der Waals surface area contributed by atoms with Crippen LogP contribution in [0.3, 0.4) is 0 Å². The molecule has 0 bridgehead atoms.